The van der Waals surface area contributed by atoms with Crippen molar-refractivity contribution in [1.82, 2.24) is 5.32 Å². The molecule has 3 fully saturated rings. The molecule has 332 valence electrons. The molecule has 1 aromatic rings. The third kappa shape index (κ3) is 8.07. The molecule has 11 atom stereocenters. The van der Waals surface area contributed by atoms with Crippen LogP contribution in [0.1, 0.15) is 106 Å². The Hall–Kier alpha value is -4.38. The van der Waals surface area contributed by atoms with Gasteiger partial charge in [-0.1, -0.05) is 73.6 Å². The third-order valence-corrected chi connectivity index (χ3v) is 13.0. The molecular formula is C44H61NO15. The molecule has 1 aliphatic heterocycles. The predicted molar refractivity (Wildman–Crippen MR) is 212 cm³/mol. The zero-order chi connectivity index (χ0) is 45.1. The number of aliphatic hydroxyl groups excluding tert-OH is 2. The second-order valence-corrected chi connectivity index (χ2v) is 19.7. The summed E-state index contributed by atoms with van der Waals surface area (Å²) in [4.78, 5) is 83.0. The SMILES string of the molecule is COC(=O)O[C@@]12CO[C@@H]1C[C@H](O)[C@@]1(C)C(=O)[C@H](OC(C)=O)C3=C(C)[C@@H](OC(=O)[C@H](O)[C@@H](NC(=O)CC(C)(C)C)C(C)(C)C)C[C@@](O)([C@@H](OC(=O)c4ccccc4)[C@H]21)C3(C)C. The maximum atomic E-state index is 15.5. The van der Waals surface area contributed by atoms with Gasteiger partial charge in [0, 0.05) is 31.6 Å². The summed E-state index contributed by atoms with van der Waals surface area (Å²) in [6, 6.07) is 6.66. The standard InChI is InChI=1S/C44H61NO15/c1-22-25(58-37(52)30(49)33(40(6,7)8)45-28(48)20-39(3,4)5)19-44(54)35(59-36(51)24-16-14-13-15-17-24)32-42(11,34(50)31(57-23(2)46)29(22)41(44,9)10)26(47)18-27-43(32,21-56-27)60-38(53)55-12/h13-17,25-27,30-33,35,47,49,54H,18-21H2,1-12H3,(H,45,48)/t25-,26-,27+,30+,31+,32-,33+,35-,42+,43-,44+/m0/s1. The first-order valence-electron chi connectivity index (χ1n) is 20.2. The van der Waals surface area contributed by atoms with Gasteiger partial charge in [0.2, 0.25) is 5.91 Å². The van der Waals surface area contributed by atoms with Crippen LogP contribution in [-0.4, -0.2) is 119 Å². The van der Waals surface area contributed by atoms with Gasteiger partial charge in [-0.3, -0.25) is 14.4 Å². The van der Waals surface area contributed by atoms with Crippen molar-refractivity contribution in [2.45, 2.75) is 149 Å². The fraction of sp³-hybridized carbons (Fsp3) is 0.682. The van der Waals surface area contributed by atoms with Crippen molar-refractivity contribution in [2.24, 2.45) is 27.6 Å². The van der Waals surface area contributed by atoms with Crippen LogP contribution < -0.4 is 5.32 Å². The summed E-state index contributed by atoms with van der Waals surface area (Å²) in [6.45, 7) is 17.5. The van der Waals surface area contributed by atoms with Crippen LogP contribution in [0.15, 0.2) is 41.5 Å². The van der Waals surface area contributed by atoms with Crippen molar-refractivity contribution in [3.8, 4) is 0 Å². The minimum atomic E-state index is -2.40. The number of benzene rings is 1. The van der Waals surface area contributed by atoms with Gasteiger partial charge in [0.15, 0.2) is 23.6 Å². The lowest BCUT2D eigenvalue weighted by Gasteiger charge is -2.67. The number of carbonyl (C=O) groups is 6. The van der Waals surface area contributed by atoms with E-state index in [0.717, 1.165) is 14.0 Å². The molecule has 1 saturated heterocycles. The van der Waals surface area contributed by atoms with Gasteiger partial charge in [0.1, 0.15) is 23.9 Å². The van der Waals surface area contributed by atoms with E-state index in [-0.39, 0.29) is 36.2 Å². The molecular weight excluding hydrogens is 782 g/mol. The minimum Gasteiger partial charge on any atom is -0.456 e. The molecule has 3 aliphatic carbocycles. The van der Waals surface area contributed by atoms with Crippen LogP contribution in [0.4, 0.5) is 4.79 Å². The largest absolute Gasteiger partial charge is 0.508 e. The van der Waals surface area contributed by atoms with Crippen LogP contribution >= 0.6 is 0 Å². The summed E-state index contributed by atoms with van der Waals surface area (Å²) in [6.07, 6.45) is -11.6. The number of esters is 3. The molecule has 0 spiro atoms. The Morgan fingerprint density at radius 3 is 2.12 bits per heavy atom. The van der Waals surface area contributed by atoms with Gasteiger partial charge in [0.05, 0.1) is 42.8 Å². The molecule has 0 unspecified atom stereocenters. The van der Waals surface area contributed by atoms with Crippen LogP contribution in [-0.2, 0) is 47.6 Å². The lowest BCUT2D eigenvalue weighted by molar-refractivity contribution is -0.344. The number of fused-ring (bicyclic) bond motifs is 5. The molecule has 5 rings (SSSR count). The van der Waals surface area contributed by atoms with E-state index in [1.54, 1.807) is 52.8 Å². The molecule has 4 aliphatic rings. The number of carbonyl (C=O) groups excluding carboxylic acids is 6. The highest BCUT2D eigenvalue weighted by atomic mass is 16.8. The molecule has 2 bridgehead atoms. The highest BCUT2D eigenvalue weighted by molar-refractivity contribution is 5.95. The van der Waals surface area contributed by atoms with Gasteiger partial charge in [0.25, 0.3) is 0 Å². The molecule has 2 saturated carbocycles. The smallest absolute Gasteiger partial charge is 0.456 e. The maximum Gasteiger partial charge on any atom is 0.508 e. The van der Waals surface area contributed by atoms with Gasteiger partial charge in [-0.05, 0) is 48.0 Å². The van der Waals surface area contributed by atoms with Crippen LogP contribution in [0.25, 0.3) is 0 Å². The van der Waals surface area contributed by atoms with Crippen molar-refractivity contribution in [2.75, 3.05) is 13.7 Å². The van der Waals surface area contributed by atoms with E-state index < -0.39 is 124 Å². The Labute approximate surface area is 350 Å². The molecule has 60 heavy (non-hydrogen) atoms. The Morgan fingerprint density at radius 1 is 0.983 bits per heavy atom. The number of amides is 1. The lowest BCUT2D eigenvalue weighted by Crippen LogP contribution is -2.82. The fourth-order valence-electron chi connectivity index (χ4n) is 9.77. The number of rotatable bonds is 9. The summed E-state index contributed by atoms with van der Waals surface area (Å²) >= 11 is 0. The normalized spacial score (nSPS) is 33.2. The van der Waals surface area contributed by atoms with Gasteiger partial charge in [-0.25, -0.2) is 14.4 Å². The topological polar surface area (TPSA) is 231 Å². The molecule has 1 heterocycles. The summed E-state index contributed by atoms with van der Waals surface area (Å²) in [5.74, 6) is -5.92. The van der Waals surface area contributed by atoms with E-state index in [1.165, 1.54) is 26.0 Å². The van der Waals surface area contributed by atoms with E-state index in [9.17, 15) is 39.3 Å². The number of ketones is 1. The quantitative estimate of drug-likeness (QED) is 0.158. The summed E-state index contributed by atoms with van der Waals surface area (Å²) in [5.41, 5.74) is -9.08. The van der Waals surface area contributed by atoms with Crippen LogP contribution in [0, 0.1) is 27.6 Å². The highest BCUT2D eigenvalue weighted by Gasteiger charge is 2.78. The van der Waals surface area contributed by atoms with Gasteiger partial charge < -0.3 is 49.1 Å². The van der Waals surface area contributed by atoms with Crippen molar-refractivity contribution < 1.29 is 72.5 Å². The summed E-state index contributed by atoms with van der Waals surface area (Å²) < 4.78 is 35.0. The lowest BCUT2D eigenvalue weighted by atomic mass is 9.44. The number of aliphatic hydroxyl groups is 3. The van der Waals surface area contributed by atoms with Crippen LogP contribution in [0.2, 0.25) is 0 Å². The van der Waals surface area contributed by atoms with Crippen molar-refractivity contribution in [3.63, 3.8) is 0 Å². The molecule has 16 nitrogen and oxygen atoms in total. The minimum absolute atomic E-state index is 0.00264. The van der Waals surface area contributed by atoms with E-state index in [4.69, 9.17) is 28.4 Å². The Morgan fingerprint density at radius 2 is 1.60 bits per heavy atom. The first kappa shape index (κ1) is 46.7. The Bertz CT molecular complexity index is 1910. The average Bonchev–Trinajstić information content (AvgIpc) is 3.13. The van der Waals surface area contributed by atoms with E-state index >= 15 is 4.79 Å². The first-order valence-corrected chi connectivity index (χ1v) is 20.2. The Kier molecular flexibility index (Phi) is 12.6. The van der Waals surface area contributed by atoms with E-state index in [2.05, 4.69) is 5.32 Å². The van der Waals surface area contributed by atoms with Crippen LogP contribution in [0.3, 0.4) is 0 Å². The number of hydrogen-bond donors (Lipinski definition) is 4. The second kappa shape index (κ2) is 16.1. The third-order valence-electron chi connectivity index (χ3n) is 13.0. The van der Waals surface area contributed by atoms with Crippen molar-refractivity contribution in [1.29, 1.82) is 0 Å². The van der Waals surface area contributed by atoms with Gasteiger partial charge in [-0.2, -0.15) is 0 Å². The van der Waals surface area contributed by atoms with E-state index in [0.29, 0.717) is 0 Å². The zero-order valence-electron chi connectivity index (χ0n) is 36.6. The monoisotopic (exact) mass is 843 g/mol. The predicted octanol–water partition coefficient (Wildman–Crippen LogP) is 3.75. The van der Waals surface area contributed by atoms with Crippen molar-refractivity contribution in [3.05, 3.63) is 47.0 Å². The molecule has 0 radical (unpaired) electrons. The fourth-order valence-corrected chi connectivity index (χ4v) is 9.77. The molecule has 16 heteroatoms. The number of nitrogens with one attached hydrogen (secondary N) is 1. The number of ether oxygens (including phenoxy) is 6. The van der Waals surface area contributed by atoms with Crippen molar-refractivity contribution >= 4 is 35.8 Å². The molecule has 1 amide bonds. The average molecular weight is 844 g/mol. The van der Waals surface area contributed by atoms with Crippen LogP contribution in [0.5, 0.6) is 0 Å². The highest BCUT2D eigenvalue weighted by Crippen LogP contribution is 2.64. The summed E-state index contributed by atoms with van der Waals surface area (Å²) in [7, 11) is 1.07. The summed E-state index contributed by atoms with van der Waals surface area (Å²) in [5, 5.41) is 40.1. The molecule has 0 aromatic heterocycles. The zero-order valence-corrected chi connectivity index (χ0v) is 36.6. The molecule has 4 N–H and O–H groups in total. The molecule has 1 aromatic carbocycles. The maximum absolute atomic E-state index is 15.5. The van der Waals surface area contributed by atoms with Gasteiger partial charge in [-0.15, -0.1) is 0 Å². The Balaban J connectivity index is 1.74. The number of hydrogen-bond acceptors (Lipinski definition) is 15. The number of methoxy groups -OCH3 is 1. The van der Waals surface area contributed by atoms with E-state index in [1.807, 2.05) is 20.8 Å². The first-order chi connectivity index (χ1) is 27.6. The van der Waals surface area contributed by atoms with Gasteiger partial charge >= 0.3 is 24.1 Å². The number of Topliss-reactive ketones (excluding diaryl/α,β-unsaturated/α-hetero) is 1. The second-order valence-electron chi connectivity index (χ2n) is 19.7.